The fourth-order valence-corrected chi connectivity index (χ4v) is 11.4. The van der Waals surface area contributed by atoms with Crippen LogP contribution in [0.25, 0.3) is 0 Å². The molecule has 0 aromatic rings. The predicted octanol–water partition coefficient (Wildman–Crippen LogP) is 5.43. The molecule has 8 atom stereocenters. The van der Waals surface area contributed by atoms with E-state index >= 15 is 0 Å². The molecule has 0 amide bonds. The molecule has 1 saturated carbocycles. The Kier molecular flexibility index (Phi) is 8.89. The van der Waals surface area contributed by atoms with E-state index in [0.29, 0.717) is 18.6 Å². The van der Waals surface area contributed by atoms with Crippen molar-refractivity contribution >= 4 is 30.7 Å². The molecule has 0 radical (unpaired) electrons. The third-order valence-corrected chi connectivity index (χ3v) is 12.6. The third kappa shape index (κ3) is 6.19. The number of fused-ring (bicyclic) bond motifs is 2. The van der Waals surface area contributed by atoms with Crippen LogP contribution in [0.5, 0.6) is 0 Å². The van der Waals surface area contributed by atoms with E-state index in [4.69, 9.17) is 32.5 Å². The summed E-state index contributed by atoms with van der Waals surface area (Å²) in [7, 11) is -5.78. The van der Waals surface area contributed by atoms with Crippen LogP contribution in [-0.4, -0.2) is 96.2 Å². The largest absolute Gasteiger partial charge is 0.452 e. The van der Waals surface area contributed by atoms with Crippen molar-refractivity contribution < 1.29 is 42.4 Å². The first-order valence-corrected chi connectivity index (χ1v) is 26.0. The minimum Gasteiger partial charge on any atom is -0.452 e. The summed E-state index contributed by atoms with van der Waals surface area (Å²) < 4.78 is 46.2. The molecule has 12 heteroatoms. The molecule has 2 heterocycles. The molecule has 0 aromatic heterocycles. The van der Waals surface area contributed by atoms with Crippen LogP contribution in [0.2, 0.25) is 65.0 Å². The van der Waals surface area contributed by atoms with Crippen LogP contribution >= 0.6 is 0 Å². The lowest BCUT2D eigenvalue weighted by Crippen LogP contribution is -2.74. The molecular formula is C30H56O9Si3. The van der Waals surface area contributed by atoms with Gasteiger partial charge in [-0.1, -0.05) is 19.6 Å². The number of esters is 1. The van der Waals surface area contributed by atoms with Crippen molar-refractivity contribution in [1.29, 1.82) is 0 Å². The fraction of sp³-hybridized carbons (Fsp3) is 0.900. The van der Waals surface area contributed by atoms with Crippen LogP contribution in [0, 0.1) is 5.92 Å². The quantitative estimate of drug-likeness (QED) is 0.110. The molecule has 3 fully saturated rings. The molecule has 42 heavy (non-hydrogen) atoms. The molecule has 0 bridgehead atoms. The number of carbonyl (C=O) groups is 1. The van der Waals surface area contributed by atoms with Crippen molar-refractivity contribution in [2.45, 2.75) is 153 Å². The van der Waals surface area contributed by atoms with Gasteiger partial charge in [0.2, 0.25) is 0 Å². The molecule has 2 aliphatic heterocycles. The maximum atomic E-state index is 13.9. The first-order valence-electron chi connectivity index (χ1n) is 15.4. The average Bonchev–Trinajstić information content (AvgIpc) is 3.09. The van der Waals surface area contributed by atoms with Gasteiger partial charge in [-0.05, 0) is 91.1 Å². The fourth-order valence-electron chi connectivity index (χ4n) is 7.59. The van der Waals surface area contributed by atoms with Gasteiger partial charge in [0, 0.05) is 27.0 Å². The van der Waals surface area contributed by atoms with Crippen LogP contribution in [0.3, 0.4) is 0 Å². The zero-order valence-corrected chi connectivity index (χ0v) is 31.4. The number of carbonyl (C=O) groups excluding carboxylic acids is 1. The van der Waals surface area contributed by atoms with Gasteiger partial charge in [-0.15, -0.1) is 0 Å². The number of aliphatic hydroxyl groups excluding tert-OH is 1. The average molecular weight is 645 g/mol. The van der Waals surface area contributed by atoms with Crippen molar-refractivity contribution in [3.63, 3.8) is 0 Å². The van der Waals surface area contributed by atoms with Crippen molar-refractivity contribution in [1.82, 2.24) is 0 Å². The molecule has 242 valence electrons. The first-order chi connectivity index (χ1) is 18.9. The lowest BCUT2D eigenvalue weighted by molar-refractivity contribution is -0.377. The lowest BCUT2D eigenvalue weighted by atomic mass is 9.74. The van der Waals surface area contributed by atoms with Gasteiger partial charge in [0.15, 0.2) is 39.7 Å². The molecule has 2 aliphatic carbocycles. The first kappa shape index (κ1) is 34.5. The van der Waals surface area contributed by atoms with Crippen molar-refractivity contribution in [3.05, 3.63) is 11.1 Å². The van der Waals surface area contributed by atoms with Gasteiger partial charge in [-0.2, -0.15) is 0 Å². The molecule has 2 saturated heterocycles. The molecule has 4 aliphatic rings. The van der Waals surface area contributed by atoms with Crippen LogP contribution < -0.4 is 0 Å². The van der Waals surface area contributed by atoms with E-state index in [1.54, 1.807) is 6.92 Å². The number of ether oxygens (including phenoxy) is 5. The highest BCUT2D eigenvalue weighted by Crippen LogP contribution is 2.62. The molecule has 9 nitrogen and oxygen atoms in total. The van der Waals surface area contributed by atoms with E-state index in [9.17, 15) is 9.90 Å². The molecule has 0 spiro atoms. The maximum absolute atomic E-state index is 13.9. The van der Waals surface area contributed by atoms with Gasteiger partial charge >= 0.3 is 5.97 Å². The Hall–Kier alpha value is -0.419. The zero-order valence-electron chi connectivity index (χ0n) is 28.4. The second kappa shape index (κ2) is 10.8. The van der Waals surface area contributed by atoms with Crippen molar-refractivity contribution in [3.8, 4) is 0 Å². The molecule has 4 rings (SSSR count). The third-order valence-electron chi connectivity index (χ3n) is 8.86. The molecule has 1 N–H and O–H groups in total. The summed E-state index contributed by atoms with van der Waals surface area (Å²) in [6.45, 7) is 29.8. The summed E-state index contributed by atoms with van der Waals surface area (Å²) in [5.41, 5.74) is -2.03. The topological polar surface area (TPSA) is 102 Å². The van der Waals surface area contributed by atoms with E-state index in [-0.39, 0.29) is 6.79 Å². The SMILES string of the molecule is CC1=C2[C@H]([C@H](OCOCC[Si](C)(C)C)[C@H]1O)[C@@](C)(O[Si](C)(C)C)C[C@@H]1OC(C)(C)O[C@]3(C)C(=O)O[C@@H]2[C@]13O[Si](C)(C)C. The molecule has 0 aromatic carbocycles. The van der Waals surface area contributed by atoms with Crippen LogP contribution in [0.4, 0.5) is 0 Å². The standard InChI is InChI=1S/C30H56O9Si3/c1-19-21-22(24(23(19)31)34-18-33-15-16-40(6,7)8)28(4,38-41(9,10)11)17-20-30(39-42(12,13)14)25(21)35-26(32)29(30,5)37-27(2,3)36-20/h20,22-25,31H,15-18H2,1-14H3/t20-,22+,23-,24-,25-,28-,29+,30+/m0/s1. The van der Waals surface area contributed by atoms with Crippen LogP contribution in [0.15, 0.2) is 11.1 Å². The Bertz CT molecular complexity index is 1090. The van der Waals surface area contributed by atoms with E-state index in [1.807, 2.05) is 20.8 Å². The van der Waals surface area contributed by atoms with E-state index in [1.165, 1.54) is 0 Å². The summed E-state index contributed by atoms with van der Waals surface area (Å²) >= 11 is 0. The Labute approximate surface area is 256 Å². The smallest absolute Gasteiger partial charge is 0.342 e. The van der Waals surface area contributed by atoms with Crippen LogP contribution in [0.1, 0.15) is 41.0 Å². The Morgan fingerprint density at radius 3 is 2.10 bits per heavy atom. The summed E-state index contributed by atoms with van der Waals surface area (Å²) in [4.78, 5) is 13.9. The normalized spacial score (nSPS) is 40.1. The number of hydrogen-bond acceptors (Lipinski definition) is 9. The summed E-state index contributed by atoms with van der Waals surface area (Å²) in [6.07, 6.45) is -2.61. The van der Waals surface area contributed by atoms with Gasteiger partial charge in [0.1, 0.15) is 12.9 Å². The van der Waals surface area contributed by atoms with Gasteiger partial charge < -0.3 is 37.6 Å². The highest BCUT2D eigenvalue weighted by molar-refractivity contribution is 6.76. The second-order valence-electron chi connectivity index (χ2n) is 16.7. The highest BCUT2D eigenvalue weighted by Gasteiger charge is 2.80. The maximum Gasteiger partial charge on any atom is 0.342 e. The number of hydrogen-bond donors (Lipinski definition) is 1. The highest BCUT2D eigenvalue weighted by atomic mass is 28.4. The zero-order chi connectivity index (χ0) is 31.9. The second-order valence-corrected chi connectivity index (χ2v) is 31.2. The van der Waals surface area contributed by atoms with Gasteiger partial charge in [-0.3, -0.25) is 0 Å². The van der Waals surface area contributed by atoms with E-state index in [0.717, 1.165) is 11.6 Å². The van der Waals surface area contributed by atoms with Crippen molar-refractivity contribution in [2.24, 2.45) is 5.92 Å². The summed E-state index contributed by atoms with van der Waals surface area (Å²) in [5.74, 6) is -1.98. The molecular weight excluding hydrogens is 589 g/mol. The molecule has 0 unspecified atom stereocenters. The Morgan fingerprint density at radius 1 is 0.952 bits per heavy atom. The summed E-state index contributed by atoms with van der Waals surface area (Å²) in [6, 6.07) is 1.02. The Morgan fingerprint density at radius 2 is 1.55 bits per heavy atom. The summed E-state index contributed by atoms with van der Waals surface area (Å²) in [5, 5.41) is 11.7. The van der Waals surface area contributed by atoms with Gasteiger partial charge in [-0.25, -0.2) is 4.79 Å². The van der Waals surface area contributed by atoms with Crippen LogP contribution in [-0.2, 0) is 37.3 Å². The minimum absolute atomic E-state index is 0.0566. The Balaban J connectivity index is 1.87. The van der Waals surface area contributed by atoms with E-state index in [2.05, 4.69) is 65.8 Å². The number of rotatable bonds is 10. The van der Waals surface area contributed by atoms with Crippen molar-refractivity contribution in [2.75, 3.05) is 13.4 Å². The lowest BCUT2D eigenvalue weighted by Gasteiger charge is -2.56. The van der Waals surface area contributed by atoms with Gasteiger partial charge in [0.25, 0.3) is 0 Å². The monoisotopic (exact) mass is 644 g/mol. The predicted molar refractivity (Wildman–Crippen MR) is 169 cm³/mol. The van der Waals surface area contributed by atoms with E-state index < -0.39 is 83.6 Å². The van der Waals surface area contributed by atoms with Gasteiger partial charge in [0.05, 0.1) is 17.8 Å². The minimum atomic E-state index is -2.35. The number of aliphatic hydroxyl groups is 1.